The summed E-state index contributed by atoms with van der Waals surface area (Å²) in [5.41, 5.74) is 3.39. The Labute approximate surface area is 101 Å². The maximum absolute atomic E-state index is 10.9. The first-order chi connectivity index (χ1) is 8.15. The molecule has 3 nitrogen and oxygen atoms in total. The van der Waals surface area contributed by atoms with Crippen LogP contribution in [0.1, 0.15) is 12.5 Å². The maximum Gasteiger partial charge on any atom is 0.222 e. The summed E-state index contributed by atoms with van der Waals surface area (Å²) >= 11 is 0. The van der Waals surface area contributed by atoms with Gasteiger partial charge < -0.3 is 5.32 Å². The Morgan fingerprint density at radius 2 is 2.00 bits per heavy atom. The average molecular weight is 226 g/mol. The van der Waals surface area contributed by atoms with Crippen LogP contribution in [-0.4, -0.2) is 10.9 Å². The van der Waals surface area contributed by atoms with Crippen LogP contribution in [0.3, 0.4) is 0 Å². The fraction of sp³-hybridized carbons (Fsp3) is 0.143. The van der Waals surface area contributed by atoms with Crippen LogP contribution in [-0.2, 0) is 4.79 Å². The lowest BCUT2D eigenvalue weighted by Gasteiger charge is -2.04. The third kappa shape index (κ3) is 2.91. The largest absolute Gasteiger partial charge is 0.311 e. The Bertz CT molecular complexity index is 532. The number of hydrogen-bond acceptors (Lipinski definition) is 2. The molecule has 1 heterocycles. The number of carbonyl (C=O) groups is 1. The zero-order chi connectivity index (χ0) is 12.3. The van der Waals surface area contributed by atoms with Crippen LogP contribution in [0.2, 0.25) is 0 Å². The van der Waals surface area contributed by atoms with E-state index in [1.165, 1.54) is 12.5 Å². The van der Waals surface area contributed by atoms with Gasteiger partial charge in [-0.15, -0.1) is 0 Å². The van der Waals surface area contributed by atoms with E-state index in [1.54, 1.807) is 12.3 Å². The summed E-state index contributed by atoms with van der Waals surface area (Å²) < 4.78 is 0. The molecule has 1 amide bonds. The van der Waals surface area contributed by atoms with E-state index in [-0.39, 0.29) is 5.91 Å². The highest BCUT2D eigenvalue weighted by Gasteiger charge is 2.00. The number of hydrogen-bond donors (Lipinski definition) is 1. The zero-order valence-corrected chi connectivity index (χ0v) is 9.90. The number of rotatable bonds is 2. The Hall–Kier alpha value is -2.16. The van der Waals surface area contributed by atoms with Crippen molar-refractivity contribution in [3.05, 3.63) is 48.2 Å². The van der Waals surface area contributed by atoms with Crippen LogP contribution in [0, 0.1) is 6.92 Å². The molecule has 0 fully saturated rings. The number of nitrogens with one attached hydrogen (secondary N) is 1. The lowest BCUT2D eigenvalue weighted by Crippen LogP contribution is -2.06. The summed E-state index contributed by atoms with van der Waals surface area (Å²) in [7, 11) is 0. The molecule has 0 saturated heterocycles. The number of anilines is 1. The predicted molar refractivity (Wildman–Crippen MR) is 68.7 cm³/mol. The molecule has 0 spiro atoms. The maximum atomic E-state index is 10.9. The highest BCUT2D eigenvalue weighted by molar-refractivity contribution is 5.87. The molecule has 0 radical (unpaired) electrons. The van der Waals surface area contributed by atoms with Crippen LogP contribution >= 0.6 is 0 Å². The first-order valence-corrected chi connectivity index (χ1v) is 5.46. The first kappa shape index (κ1) is 11.3. The standard InChI is InChI=1S/C14H14N2O/c1-10-4-3-5-12(8-10)13-6-7-14(15-9-13)16-11(2)17/h3-9H,1-2H3,(H,15,16,17). The van der Waals surface area contributed by atoms with Gasteiger partial charge in [0.15, 0.2) is 0 Å². The summed E-state index contributed by atoms with van der Waals surface area (Å²) in [5.74, 6) is 0.467. The SMILES string of the molecule is CC(=O)Nc1ccc(-c2cccc(C)c2)cn1. The van der Waals surface area contributed by atoms with Gasteiger partial charge in [-0.25, -0.2) is 4.98 Å². The van der Waals surface area contributed by atoms with Crippen LogP contribution in [0.15, 0.2) is 42.6 Å². The smallest absolute Gasteiger partial charge is 0.222 e. The number of carbonyl (C=O) groups excluding carboxylic acids is 1. The second kappa shape index (κ2) is 4.78. The van der Waals surface area contributed by atoms with Gasteiger partial charge in [0.05, 0.1) is 0 Å². The van der Waals surface area contributed by atoms with Crippen molar-refractivity contribution in [3.63, 3.8) is 0 Å². The third-order valence-electron chi connectivity index (χ3n) is 2.42. The molecule has 0 atom stereocenters. The molecule has 3 heteroatoms. The fourth-order valence-corrected chi connectivity index (χ4v) is 1.64. The van der Waals surface area contributed by atoms with Gasteiger partial charge in [-0.2, -0.15) is 0 Å². The molecule has 0 aliphatic rings. The van der Waals surface area contributed by atoms with E-state index in [0.717, 1.165) is 11.1 Å². The Balaban J connectivity index is 2.26. The van der Waals surface area contributed by atoms with Gasteiger partial charge in [0.2, 0.25) is 5.91 Å². The van der Waals surface area contributed by atoms with Crippen molar-refractivity contribution in [1.29, 1.82) is 0 Å². The van der Waals surface area contributed by atoms with Crippen molar-refractivity contribution < 1.29 is 4.79 Å². The second-order valence-electron chi connectivity index (χ2n) is 3.98. The molecule has 1 aromatic heterocycles. The van der Waals surface area contributed by atoms with E-state index in [1.807, 2.05) is 18.2 Å². The molecule has 0 aliphatic carbocycles. The fourth-order valence-electron chi connectivity index (χ4n) is 1.64. The van der Waals surface area contributed by atoms with E-state index in [4.69, 9.17) is 0 Å². The molecular formula is C14H14N2O. The van der Waals surface area contributed by atoms with Crippen molar-refractivity contribution in [1.82, 2.24) is 4.98 Å². The van der Waals surface area contributed by atoms with Crippen LogP contribution in [0.4, 0.5) is 5.82 Å². The van der Waals surface area contributed by atoms with Crippen molar-refractivity contribution in [2.45, 2.75) is 13.8 Å². The first-order valence-electron chi connectivity index (χ1n) is 5.46. The quantitative estimate of drug-likeness (QED) is 0.855. The summed E-state index contributed by atoms with van der Waals surface area (Å²) in [6.45, 7) is 3.53. The van der Waals surface area contributed by atoms with Gasteiger partial charge >= 0.3 is 0 Å². The van der Waals surface area contributed by atoms with Gasteiger partial charge in [-0.05, 0) is 24.6 Å². The molecular weight excluding hydrogens is 212 g/mol. The molecule has 0 unspecified atom stereocenters. The topological polar surface area (TPSA) is 42.0 Å². The van der Waals surface area contributed by atoms with E-state index in [9.17, 15) is 4.79 Å². The van der Waals surface area contributed by atoms with Crippen molar-refractivity contribution in [3.8, 4) is 11.1 Å². The summed E-state index contributed by atoms with van der Waals surface area (Å²) in [6.07, 6.45) is 1.76. The van der Waals surface area contributed by atoms with Crippen LogP contribution in [0.5, 0.6) is 0 Å². The van der Waals surface area contributed by atoms with Crippen molar-refractivity contribution in [2.75, 3.05) is 5.32 Å². The van der Waals surface area contributed by atoms with Crippen molar-refractivity contribution in [2.24, 2.45) is 0 Å². The summed E-state index contributed by atoms with van der Waals surface area (Å²) in [4.78, 5) is 15.1. The molecule has 1 aromatic carbocycles. The molecule has 1 N–H and O–H groups in total. The number of amides is 1. The van der Waals surface area contributed by atoms with E-state index >= 15 is 0 Å². The van der Waals surface area contributed by atoms with E-state index < -0.39 is 0 Å². The predicted octanol–water partition coefficient (Wildman–Crippen LogP) is 3.02. The third-order valence-corrected chi connectivity index (χ3v) is 2.42. The van der Waals surface area contributed by atoms with E-state index in [2.05, 4.69) is 29.4 Å². The number of pyridine rings is 1. The Kier molecular flexibility index (Phi) is 3.19. The lowest BCUT2D eigenvalue weighted by atomic mass is 10.1. The molecule has 2 aromatic rings. The zero-order valence-electron chi connectivity index (χ0n) is 9.90. The Morgan fingerprint density at radius 1 is 1.18 bits per heavy atom. The molecule has 0 saturated carbocycles. The number of aryl methyl sites for hydroxylation is 1. The lowest BCUT2D eigenvalue weighted by molar-refractivity contribution is -0.114. The number of benzene rings is 1. The Morgan fingerprint density at radius 3 is 2.59 bits per heavy atom. The van der Waals surface area contributed by atoms with Crippen LogP contribution in [0.25, 0.3) is 11.1 Å². The number of nitrogens with zero attached hydrogens (tertiary/aromatic N) is 1. The highest BCUT2D eigenvalue weighted by Crippen LogP contribution is 2.20. The van der Waals surface area contributed by atoms with Crippen molar-refractivity contribution >= 4 is 11.7 Å². The van der Waals surface area contributed by atoms with Gasteiger partial charge in [-0.3, -0.25) is 4.79 Å². The van der Waals surface area contributed by atoms with Crippen LogP contribution < -0.4 is 5.32 Å². The van der Waals surface area contributed by atoms with Gasteiger partial charge in [0.1, 0.15) is 5.82 Å². The normalized spacial score (nSPS) is 10.0. The van der Waals surface area contributed by atoms with E-state index in [0.29, 0.717) is 5.82 Å². The highest BCUT2D eigenvalue weighted by atomic mass is 16.1. The van der Waals surface area contributed by atoms with Gasteiger partial charge in [-0.1, -0.05) is 29.8 Å². The minimum Gasteiger partial charge on any atom is -0.311 e. The minimum atomic E-state index is -0.110. The molecule has 2 rings (SSSR count). The number of aromatic nitrogens is 1. The summed E-state index contributed by atoms with van der Waals surface area (Å²) in [6, 6.07) is 12.0. The summed E-state index contributed by atoms with van der Waals surface area (Å²) in [5, 5.41) is 2.64. The molecule has 17 heavy (non-hydrogen) atoms. The van der Waals surface area contributed by atoms with Gasteiger partial charge in [0, 0.05) is 18.7 Å². The second-order valence-corrected chi connectivity index (χ2v) is 3.98. The molecule has 0 bridgehead atoms. The average Bonchev–Trinajstić information content (AvgIpc) is 2.29. The van der Waals surface area contributed by atoms with Gasteiger partial charge in [0.25, 0.3) is 0 Å². The molecule has 86 valence electrons. The minimum absolute atomic E-state index is 0.110. The monoisotopic (exact) mass is 226 g/mol. The molecule has 0 aliphatic heterocycles.